The summed E-state index contributed by atoms with van der Waals surface area (Å²) in [7, 11) is 0. The van der Waals surface area contributed by atoms with Gasteiger partial charge in [0, 0.05) is 16.9 Å². The molecule has 2 bridgehead atoms. The maximum absolute atomic E-state index is 11.7. The van der Waals surface area contributed by atoms with Gasteiger partial charge in [-0.05, 0) is 38.5 Å². The van der Waals surface area contributed by atoms with Crippen LogP contribution in [0.25, 0.3) is 0 Å². The van der Waals surface area contributed by atoms with Gasteiger partial charge in [0.05, 0.1) is 0 Å². The van der Waals surface area contributed by atoms with Gasteiger partial charge < -0.3 is 4.74 Å². The molecule has 0 aromatic heterocycles. The fraction of sp³-hybridized carbons (Fsp3) is 0.800. The van der Waals surface area contributed by atoms with E-state index >= 15 is 0 Å². The minimum atomic E-state index is -0.344. The Morgan fingerprint density at radius 3 is 2.65 bits per heavy atom. The summed E-state index contributed by atoms with van der Waals surface area (Å²) >= 11 is 0. The lowest BCUT2D eigenvalue weighted by atomic mass is 9.59. The zero-order valence-electron chi connectivity index (χ0n) is 11.5. The quantitative estimate of drug-likeness (QED) is 0.551. The summed E-state index contributed by atoms with van der Waals surface area (Å²) in [5.74, 6) is 0.418. The van der Waals surface area contributed by atoms with Gasteiger partial charge in [-0.15, -0.1) is 0 Å². The first-order valence-electron chi connectivity index (χ1n) is 6.68. The second-order valence-electron chi connectivity index (χ2n) is 6.43. The normalized spacial score (nSPS) is 48.1. The van der Waals surface area contributed by atoms with Crippen molar-refractivity contribution < 1.29 is 9.53 Å². The molecule has 96 valence electrons. The molecule has 2 heteroatoms. The molecule has 0 aromatic rings. The number of fused-ring (bicyclic) bond motifs is 2. The third kappa shape index (κ3) is 1.36. The van der Waals surface area contributed by atoms with Gasteiger partial charge in [-0.3, -0.25) is 0 Å². The maximum atomic E-state index is 11.7. The molecule has 2 fully saturated rings. The summed E-state index contributed by atoms with van der Waals surface area (Å²) in [5.41, 5.74) is -0.0945. The molecule has 2 saturated carbocycles. The number of hydrogen-bond acceptors (Lipinski definition) is 2. The average Bonchev–Trinajstić information content (AvgIpc) is 2.76. The lowest BCUT2D eigenvalue weighted by Gasteiger charge is -2.52. The van der Waals surface area contributed by atoms with Gasteiger partial charge >= 0.3 is 5.97 Å². The molecule has 0 aliphatic heterocycles. The van der Waals surface area contributed by atoms with E-state index < -0.39 is 0 Å². The second kappa shape index (κ2) is 3.60. The molecule has 2 rings (SSSR count). The molecule has 4 unspecified atom stereocenters. The third-order valence-corrected chi connectivity index (χ3v) is 6.09. The molecular formula is C15H24O2. The number of ether oxygens (including phenoxy) is 1. The van der Waals surface area contributed by atoms with Crippen LogP contribution in [0, 0.1) is 16.7 Å². The summed E-state index contributed by atoms with van der Waals surface area (Å²) < 4.78 is 5.83. The molecule has 17 heavy (non-hydrogen) atoms. The fourth-order valence-electron chi connectivity index (χ4n) is 4.41. The molecule has 0 spiro atoms. The first-order valence-corrected chi connectivity index (χ1v) is 6.68. The van der Waals surface area contributed by atoms with Crippen molar-refractivity contribution in [3.63, 3.8) is 0 Å². The van der Waals surface area contributed by atoms with Crippen LogP contribution < -0.4 is 0 Å². The first kappa shape index (κ1) is 12.7. The van der Waals surface area contributed by atoms with Crippen LogP contribution in [-0.2, 0) is 9.53 Å². The standard InChI is InChI=1S/C15H24O2/c1-6-12(16)17-15(5)13(3)9-8-11(10-13)14(15,4)7-2/h6,11H,1,7-10H2,2-5H3. The van der Waals surface area contributed by atoms with Crippen LogP contribution in [0.3, 0.4) is 0 Å². The highest BCUT2D eigenvalue weighted by atomic mass is 16.6. The van der Waals surface area contributed by atoms with E-state index in [4.69, 9.17) is 4.74 Å². The molecule has 2 nitrogen and oxygen atoms in total. The van der Waals surface area contributed by atoms with E-state index in [9.17, 15) is 4.79 Å². The van der Waals surface area contributed by atoms with E-state index in [0.717, 1.165) is 6.42 Å². The molecule has 0 N–H and O–H groups in total. The summed E-state index contributed by atoms with van der Waals surface area (Å²) in [6.07, 6.45) is 6.00. The van der Waals surface area contributed by atoms with E-state index in [2.05, 4.69) is 34.3 Å². The lowest BCUT2D eigenvalue weighted by Crippen LogP contribution is -2.55. The number of carbonyl (C=O) groups is 1. The van der Waals surface area contributed by atoms with Crippen molar-refractivity contribution >= 4 is 5.97 Å². The van der Waals surface area contributed by atoms with Gasteiger partial charge in [0.2, 0.25) is 0 Å². The molecule has 0 aromatic carbocycles. The average molecular weight is 236 g/mol. The van der Waals surface area contributed by atoms with E-state index in [0.29, 0.717) is 5.92 Å². The number of hydrogen-bond donors (Lipinski definition) is 0. The zero-order valence-corrected chi connectivity index (χ0v) is 11.5. The Kier molecular flexibility index (Phi) is 2.68. The molecule has 0 heterocycles. The summed E-state index contributed by atoms with van der Waals surface area (Å²) in [4.78, 5) is 11.7. The van der Waals surface area contributed by atoms with Crippen molar-refractivity contribution in [3.05, 3.63) is 12.7 Å². The number of rotatable bonds is 3. The van der Waals surface area contributed by atoms with Crippen LogP contribution in [0.1, 0.15) is 53.4 Å². The highest BCUT2D eigenvalue weighted by Gasteiger charge is 2.69. The Morgan fingerprint density at radius 1 is 1.47 bits per heavy atom. The van der Waals surface area contributed by atoms with Crippen LogP contribution in [-0.4, -0.2) is 11.6 Å². The molecule has 0 saturated heterocycles. The van der Waals surface area contributed by atoms with Crippen LogP contribution in [0.4, 0.5) is 0 Å². The molecule has 0 radical (unpaired) electrons. The first-order chi connectivity index (χ1) is 7.83. The topological polar surface area (TPSA) is 26.3 Å². The lowest BCUT2D eigenvalue weighted by molar-refractivity contribution is -0.191. The van der Waals surface area contributed by atoms with Gasteiger partial charge in [-0.2, -0.15) is 0 Å². The minimum absolute atomic E-state index is 0.110. The van der Waals surface area contributed by atoms with Crippen molar-refractivity contribution in [3.8, 4) is 0 Å². The fourth-order valence-corrected chi connectivity index (χ4v) is 4.41. The third-order valence-electron chi connectivity index (χ3n) is 6.09. The maximum Gasteiger partial charge on any atom is 0.330 e. The van der Waals surface area contributed by atoms with Crippen LogP contribution in [0.15, 0.2) is 12.7 Å². The molecular weight excluding hydrogens is 212 g/mol. The predicted octanol–water partition coefficient (Wildman–Crippen LogP) is 3.71. The van der Waals surface area contributed by atoms with Crippen molar-refractivity contribution in [2.45, 2.75) is 59.0 Å². The Morgan fingerprint density at radius 2 is 2.12 bits per heavy atom. The van der Waals surface area contributed by atoms with E-state index in [1.807, 2.05) is 0 Å². The monoisotopic (exact) mass is 236 g/mol. The Labute approximate surface area is 104 Å². The van der Waals surface area contributed by atoms with E-state index in [1.54, 1.807) is 0 Å². The Hall–Kier alpha value is -0.790. The zero-order chi connectivity index (χ0) is 12.9. The van der Waals surface area contributed by atoms with Gasteiger partial charge in [0.15, 0.2) is 0 Å². The second-order valence-corrected chi connectivity index (χ2v) is 6.43. The van der Waals surface area contributed by atoms with Crippen molar-refractivity contribution in [1.82, 2.24) is 0 Å². The minimum Gasteiger partial charge on any atom is -0.455 e. The molecule has 2 aliphatic carbocycles. The van der Waals surface area contributed by atoms with Gasteiger partial charge in [0.1, 0.15) is 5.60 Å². The number of carbonyl (C=O) groups excluding carboxylic acids is 1. The smallest absolute Gasteiger partial charge is 0.330 e. The molecule has 2 aliphatic rings. The Bertz CT molecular complexity index is 362. The van der Waals surface area contributed by atoms with Gasteiger partial charge in [0.25, 0.3) is 0 Å². The largest absolute Gasteiger partial charge is 0.455 e. The highest BCUT2D eigenvalue weighted by molar-refractivity contribution is 5.81. The SMILES string of the molecule is C=CC(=O)OC1(C)C2(C)CCC(C2)C1(C)CC. The van der Waals surface area contributed by atoms with E-state index in [1.165, 1.54) is 25.3 Å². The predicted molar refractivity (Wildman–Crippen MR) is 68.5 cm³/mol. The van der Waals surface area contributed by atoms with Crippen molar-refractivity contribution in [2.24, 2.45) is 16.7 Å². The summed E-state index contributed by atoms with van der Waals surface area (Å²) in [6, 6.07) is 0. The van der Waals surface area contributed by atoms with Gasteiger partial charge in [-0.1, -0.05) is 27.4 Å². The van der Waals surface area contributed by atoms with Crippen LogP contribution in [0.2, 0.25) is 0 Å². The molecule has 4 atom stereocenters. The van der Waals surface area contributed by atoms with Gasteiger partial charge in [-0.25, -0.2) is 4.79 Å². The highest BCUT2D eigenvalue weighted by Crippen LogP contribution is 2.70. The summed E-state index contributed by atoms with van der Waals surface area (Å²) in [6.45, 7) is 12.4. The van der Waals surface area contributed by atoms with Crippen LogP contribution in [0.5, 0.6) is 0 Å². The van der Waals surface area contributed by atoms with E-state index in [-0.39, 0.29) is 22.4 Å². The summed E-state index contributed by atoms with van der Waals surface area (Å²) in [5, 5.41) is 0. The molecule has 0 amide bonds. The van der Waals surface area contributed by atoms with Crippen molar-refractivity contribution in [2.75, 3.05) is 0 Å². The van der Waals surface area contributed by atoms with Crippen LogP contribution >= 0.6 is 0 Å². The Balaban J connectivity index is 2.41. The number of esters is 1. The van der Waals surface area contributed by atoms with Crippen molar-refractivity contribution in [1.29, 1.82) is 0 Å².